The van der Waals surface area contributed by atoms with E-state index in [2.05, 4.69) is 15.8 Å². The molecule has 0 saturated heterocycles. The molecule has 2 aromatic rings. The average Bonchev–Trinajstić information content (AvgIpc) is 2.77. The first-order valence-corrected chi connectivity index (χ1v) is 10.3. The van der Waals surface area contributed by atoms with Crippen LogP contribution >= 0.6 is 0 Å². The van der Waals surface area contributed by atoms with E-state index in [9.17, 15) is 19.7 Å². The molecule has 0 aliphatic carbocycles. The van der Waals surface area contributed by atoms with E-state index < -0.39 is 22.8 Å². The van der Waals surface area contributed by atoms with Crippen LogP contribution in [0.4, 0.5) is 5.69 Å². The molecule has 2 amide bonds. The molecule has 176 valence electrons. The summed E-state index contributed by atoms with van der Waals surface area (Å²) >= 11 is 0. The van der Waals surface area contributed by atoms with Crippen molar-refractivity contribution in [2.45, 2.75) is 39.8 Å². The maximum atomic E-state index is 12.6. The average molecular weight is 456 g/mol. The Bertz CT molecular complexity index is 1040. The van der Waals surface area contributed by atoms with Crippen molar-refractivity contribution in [3.63, 3.8) is 0 Å². The summed E-state index contributed by atoms with van der Waals surface area (Å²) in [7, 11) is 1.53. The van der Waals surface area contributed by atoms with Gasteiger partial charge in [0.1, 0.15) is 6.04 Å². The van der Waals surface area contributed by atoms with Crippen molar-refractivity contribution in [2.24, 2.45) is 11.0 Å². The number of hydrazone groups is 1. The van der Waals surface area contributed by atoms with Gasteiger partial charge in [-0.2, -0.15) is 5.10 Å². The number of nitrogens with one attached hydrogen (secondary N) is 2. The largest absolute Gasteiger partial charge is 0.493 e. The number of nitro benzene ring substituents is 1. The molecule has 1 atom stereocenters. The second kappa shape index (κ2) is 11.6. The molecule has 0 aliphatic heterocycles. The van der Waals surface area contributed by atoms with E-state index in [1.54, 1.807) is 32.0 Å². The van der Waals surface area contributed by atoms with Crippen molar-refractivity contribution in [3.05, 3.63) is 63.7 Å². The van der Waals surface area contributed by atoms with Gasteiger partial charge in [0, 0.05) is 17.7 Å². The van der Waals surface area contributed by atoms with E-state index in [1.807, 2.05) is 13.8 Å². The summed E-state index contributed by atoms with van der Waals surface area (Å²) in [6, 6.07) is 9.63. The fourth-order valence-corrected chi connectivity index (χ4v) is 2.88. The molecule has 10 heteroatoms. The lowest BCUT2D eigenvalue weighted by molar-refractivity contribution is -0.384. The zero-order valence-corrected chi connectivity index (χ0v) is 19.2. The Morgan fingerprint density at radius 2 is 1.82 bits per heavy atom. The first-order chi connectivity index (χ1) is 15.6. The fraction of sp³-hybridized carbons (Fsp3) is 0.348. The summed E-state index contributed by atoms with van der Waals surface area (Å²) < 4.78 is 11.0. The molecule has 33 heavy (non-hydrogen) atoms. The quantitative estimate of drug-likeness (QED) is 0.320. The van der Waals surface area contributed by atoms with Crippen LogP contribution in [0.3, 0.4) is 0 Å². The van der Waals surface area contributed by atoms with Crippen LogP contribution in [0.1, 0.15) is 43.6 Å². The van der Waals surface area contributed by atoms with Gasteiger partial charge in [0.05, 0.1) is 24.4 Å². The van der Waals surface area contributed by atoms with E-state index >= 15 is 0 Å². The van der Waals surface area contributed by atoms with Crippen molar-refractivity contribution in [1.82, 2.24) is 10.7 Å². The number of non-ortho nitro benzene ring substituents is 1. The Morgan fingerprint density at radius 1 is 1.09 bits per heavy atom. The fourth-order valence-electron chi connectivity index (χ4n) is 2.88. The zero-order chi connectivity index (χ0) is 24.5. The molecule has 2 N–H and O–H groups in total. The number of methoxy groups -OCH3 is 1. The third-order valence-corrected chi connectivity index (χ3v) is 4.49. The second-order valence-electron chi connectivity index (χ2n) is 7.81. The van der Waals surface area contributed by atoms with Gasteiger partial charge in [0.2, 0.25) is 0 Å². The molecule has 0 spiro atoms. The molecule has 0 aliphatic rings. The van der Waals surface area contributed by atoms with Gasteiger partial charge >= 0.3 is 0 Å². The summed E-state index contributed by atoms with van der Waals surface area (Å²) in [5.41, 5.74) is 2.97. The van der Waals surface area contributed by atoms with Gasteiger partial charge in [-0.25, -0.2) is 5.43 Å². The molecule has 10 nitrogen and oxygen atoms in total. The van der Waals surface area contributed by atoms with Gasteiger partial charge in [-0.15, -0.1) is 0 Å². The maximum Gasteiger partial charge on any atom is 0.270 e. The number of carbonyl (C=O) groups is 2. The molecule has 2 rings (SSSR count). The predicted molar refractivity (Wildman–Crippen MR) is 124 cm³/mol. The van der Waals surface area contributed by atoms with Crippen LogP contribution in [0.2, 0.25) is 0 Å². The normalized spacial score (nSPS) is 12.0. The number of hydrogen-bond donors (Lipinski definition) is 2. The molecule has 2 aromatic carbocycles. The van der Waals surface area contributed by atoms with E-state index in [-0.39, 0.29) is 23.3 Å². The standard InChI is InChI=1S/C23H28N4O6/c1-14(2)21(25-22(28)17-7-6-8-18(12-17)27(30)31)23(29)26-24-13-16-9-10-19(33-15(3)4)20(11-16)32-5/h6-15,21H,1-5H3,(H,25,28)(H,26,29)/b24-13+. The number of hydrogen-bond acceptors (Lipinski definition) is 7. The van der Waals surface area contributed by atoms with Crippen molar-refractivity contribution >= 4 is 23.7 Å². The Kier molecular flexibility index (Phi) is 8.90. The van der Waals surface area contributed by atoms with E-state index in [0.717, 1.165) is 6.07 Å². The first-order valence-electron chi connectivity index (χ1n) is 10.3. The molecule has 0 aromatic heterocycles. The van der Waals surface area contributed by atoms with Gasteiger partial charge in [-0.3, -0.25) is 19.7 Å². The van der Waals surface area contributed by atoms with Crippen molar-refractivity contribution in [3.8, 4) is 11.5 Å². The number of nitro groups is 1. The number of amides is 2. The number of carbonyl (C=O) groups excluding carboxylic acids is 2. The molecule has 0 radical (unpaired) electrons. The summed E-state index contributed by atoms with van der Waals surface area (Å²) in [4.78, 5) is 35.5. The smallest absolute Gasteiger partial charge is 0.270 e. The lowest BCUT2D eigenvalue weighted by atomic mass is 10.0. The van der Waals surface area contributed by atoms with Gasteiger partial charge in [-0.05, 0) is 49.6 Å². The van der Waals surface area contributed by atoms with Crippen LogP contribution in [0.25, 0.3) is 0 Å². The molecule has 0 heterocycles. The van der Waals surface area contributed by atoms with E-state index in [1.165, 1.54) is 31.5 Å². The highest BCUT2D eigenvalue weighted by Gasteiger charge is 2.25. The number of nitrogens with zero attached hydrogens (tertiary/aromatic N) is 2. The predicted octanol–water partition coefficient (Wildman–Crippen LogP) is 3.30. The van der Waals surface area contributed by atoms with Crippen molar-refractivity contribution in [2.75, 3.05) is 7.11 Å². The Labute approximate surface area is 192 Å². The Balaban J connectivity index is 2.07. The minimum absolute atomic E-state index is 0.0112. The molecule has 0 bridgehead atoms. The van der Waals surface area contributed by atoms with Crippen molar-refractivity contribution in [1.29, 1.82) is 0 Å². The van der Waals surface area contributed by atoms with Crippen LogP contribution in [-0.2, 0) is 4.79 Å². The van der Waals surface area contributed by atoms with Crippen LogP contribution < -0.4 is 20.2 Å². The SMILES string of the molecule is COc1cc(/C=N/NC(=O)C(NC(=O)c2cccc([N+](=O)[O-])c2)C(C)C)ccc1OC(C)C. The summed E-state index contributed by atoms with van der Waals surface area (Å²) in [5, 5.41) is 17.5. The minimum atomic E-state index is -0.898. The number of rotatable bonds is 10. The highest BCUT2D eigenvalue weighted by Crippen LogP contribution is 2.28. The van der Waals surface area contributed by atoms with Crippen LogP contribution in [-0.4, -0.2) is 42.2 Å². The summed E-state index contributed by atoms with van der Waals surface area (Å²) in [6.07, 6.45) is 1.43. The topological polar surface area (TPSA) is 132 Å². The van der Waals surface area contributed by atoms with Gasteiger partial charge in [0.25, 0.3) is 17.5 Å². The van der Waals surface area contributed by atoms with Crippen molar-refractivity contribution < 1.29 is 24.0 Å². The third-order valence-electron chi connectivity index (χ3n) is 4.49. The maximum absolute atomic E-state index is 12.6. The number of ether oxygens (including phenoxy) is 2. The molecule has 0 fully saturated rings. The van der Waals surface area contributed by atoms with Crippen LogP contribution in [0.15, 0.2) is 47.6 Å². The molecule has 1 unspecified atom stereocenters. The van der Waals surface area contributed by atoms with E-state index in [0.29, 0.717) is 17.1 Å². The zero-order valence-electron chi connectivity index (χ0n) is 19.2. The van der Waals surface area contributed by atoms with Crippen LogP contribution in [0.5, 0.6) is 11.5 Å². The Hall–Kier alpha value is -3.95. The second-order valence-corrected chi connectivity index (χ2v) is 7.81. The molecular formula is C23H28N4O6. The van der Waals surface area contributed by atoms with E-state index in [4.69, 9.17) is 9.47 Å². The van der Waals surface area contributed by atoms with Crippen LogP contribution in [0, 0.1) is 16.0 Å². The summed E-state index contributed by atoms with van der Waals surface area (Å²) in [6.45, 7) is 7.35. The minimum Gasteiger partial charge on any atom is -0.493 e. The highest BCUT2D eigenvalue weighted by atomic mass is 16.6. The third kappa shape index (κ3) is 7.30. The summed E-state index contributed by atoms with van der Waals surface area (Å²) in [5.74, 6) is -0.246. The molecular weight excluding hydrogens is 428 g/mol. The lowest BCUT2D eigenvalue weighted by Crippen LogP contribution is -2.48. The number of benzene rings is 2. The lowest BCUT2D eigenvalue weighted by Gasteiger charge is -2.20. The molecule has 0 saturated carbocycles. The first kappa shape index (κ1) is 25.3. The van der Waals surface area contributed by atoms with Gasteiger partial charge < -0.3 is 14.8 Å². The highest BCUT2D eigenvalue weighted by molar-refractivity contribution is 5.98. The van der Waals surface area contributed by atoms with Gasteiger partial charge in [-0.1, -0.05) is 19.9 Å². The Morgan fingerprint density at radius 3 is 2.42 bits per heavy atom. The van der Waals surface area contributed by atoms with Gasteiger partial charge in [0.15, 0.2) is 11.5 Å². The monoisotopic (exact) mass is 456 g/mol.